The van der Waals surface area contributed by atoms with Crippen molar-refractivity contribution >= 4 is 17.9 Å². The Morgan fingerprint density at radius 1 is 1.29 bits per heavy atom. The van der Waals surface area contributed by atoms with Gasteiger partial charge >= 0.3 is 12.0 Å². The number of rotatable bonds is 6. The fraction of sp³-hybridized carbons (Fsp3) is 0.812. The summed E-state index contributed by atoms with van der Waals surface area (Å²) in [5.41, 5.74) is 0. The zero-order valence-electron chi connectivity index (χ0n) is 14.7. The van der Waals surface area contributed by atoms with Crippen molar-refractivity contribution in [2.45, 2.75) is 51.7 Å². The number of amides is 3. The van der Waals surface area contributed by atoms with E-state index in [0.717, 1.165) is 12.8 Å². The van der Waals surface area contributed by atoms with Gasteiger partial charge in [-0.05, 0) is 33.2 Å². The second kappa shape index (κ2) is 7.83. The lowest BCUT2D eigenvalue weighted by atomic mass is 9.85. The van der Waals surface area contributed by atoms with Crippen LogP contribution in [-0.4, -0.2) is 88.6 Å². The molecule has 0 spiro atoms. The third-order valence-corrected chi connectivity index (χ3v) is 5.09. The second-order valence-electron chi connectivity index (χ2n) is 6.52. The molecule has 1 atom stereocenters. The number of carbonyl (C=O) groups is 3. The van der Waals surface area contributed by atoms with Crippen molar-refractivity contribution in [1.29, 1.82) is 0 Å². The zero-order valence-corrected chi connectivity index (χ0v) is 14.7. The van der Waals surface area contributed by atoms with Crippen LogP contribution in [0.2, 0.25) is 0 Å². The van der Waals surface area contributed by atoms with Gasteiger partial charge in [0, 0.05) is 31.7 Å². The van der Waals surface area contributed by atoms with E-state index in [1.807, 2.05) is 18.7 Å². The third kappa shape index (κ3) is 3.98. The van der Waals surface area contributed by atoms with Gasteiger partial charge in [0.2, 0.25) is 5.91 Å². The van der Waals surface area contributed by atoms with E-state index in [4.69, 9.17) is 5.11 Å². The van der Waals surface area contributed by atoms with Crippen molar-refractivity contribution in [2.24, 2.45) is 0 Å². The lowest BCUT2D eigenvalue weighted by Crippen LogP contribution is -2.62. The SMILES string of the molecule is CCN1CCN(C(=O)NC2CC(N(CC)CC(=O)O)C2)C(C)C1=O. The predicted octanol–water partition coefficient (Wildman–Crippen LogP) is 0.186. The van der Waals surface area contributed by atoms with Crippen LogP contribution in [0.4, 0.5) is 4.79 Å². The molecule has 0 bridgehead atoms. The minimum atomic E-state index is -0.828. The van der Waals surface area contributed by atoms with Gasteiger partial charge in [-0.25, -0.2) is 4.79 Å². The first-order valence-corrected chi connectivity index (χ1v) is 8.69. The average Bonchev–Trinajstić information content (AvgIpc) is 2.50. The summed E-state index contributed by atoms with van der Waals surface area (Å²) in [7, 11) is 0. The highest BCUT2D eigenvalue weighted by Crippen LogP contribution is 2.26. The van der Waals surface area contributed by atoms with Gasteiger partial charge in [-0.2, -0.15) is 0 Å². The summed E-state index contributed by atoms with van der Waals surface area (Å²) in [4.78, 5) is 40.7. The van der Waals surface area contributed by atoms with Crippen LogP contribution in [-0.2, 0) is 9.59 Å². The molecule has 2 fully saturated rings. The summed E-state index contributed by atoms with van der Waals surface area (Å²) in [5, 5.41) is 11.9. The van der Waals surface area contributed by atoms with E-state index in [9.17, 15) is 14.4 Å². The number of hydrogen-bond acceptors (Lipinski definition) is 4. The third-order valence-electron chi connectivity index (χ3n) is 5.09. The molecule has 1 saturated heterocycles. The summed E-state index contributed by atoms with van der Waals surface area (Å²) in [6.07, 6.45) is 1.51. The van der Waals surface area contributed by atoms with Crippen molar-refractivity contribution in [3.63, 3.8) is 0 Å². The molecule has 1 unspecified atom stereocenters. The smallest absolute Gasteiger partial charge is 0.318 e. The van der Waals surface area contributed by atoms with Crippen molar-refractivity contribution in [2.75, 3.05) is 32.7 Å². The molecule has 1 heterocycles. The maximum Gasteiger partial charge on any atom is 0.318 e. The highest BCUT2D eigenvalue weighted by molar-refractivity contribution is 5.88. The molecule has 1 aliphatic carbocycles. The van der Waals surface area contributed by atoms with Crippen molar-refractivity contribution in [1.82, 2.24) is 20.0 Å². The molecule has 8 heteroatoms. The quantitative estimate of drug-likeness (QED) is 0.720. The summed E-state index contributed by atoms with van der Waals surface area (Å²) >= 11 is 0. The molecule has 8 nitrogen and oxygen atoms in total. The number of carbonyl (C=O) groups excluding carboxylic acids is 2. The van der Waals surface area contributed by atoms with Crippen molar-refractivity contribution in [3.05, 3.63) is 0 Å². The molecule has 2 rings (SSSR count). The molecule has 0 aromatic heterocycles. The maximum absolute atomic E-state index is 12.4. The first-order chi connectivity index (χ1) is 11.4. The van der Waals surface area contributed by atoms with Gasteiger partial charge in [-0.15, -0.1) is 0 Å². The maximum atomic E-state index is 12.4. The number of carboxylic acids is 1. The summed E-state index contributed by atoms with van der Waals surface area (Å²) in [5.74, 6) is -0.838. The van der Waals surface area contributed by atoms with Gasteiger partial charge in [-0.3, -0.25) is 14.5 Å². The largest absolute Gasteiger partial charge is 0.480 e. The molecule has 2 aliphatic rings. The lowest BCUT2D eigenvalue weighted by Gasteiger charge is -2.44. The molecule has 1 saturated carbocycles. The minimum Gasteiger partial charge on any atom is -0.480 e. The number of likely N-dealkylation sites (N-methyl/N-ethyl adjacent to an activating group) is 2. The molecule has 0 radical (unpaired) electrons. The van der Waals surface area contributed by atoms with E-state index in [-0.39, 0.29) is 30.6 Å². The first kappa shape index (κ1) is 18.5. The van der Waals surface area contributed by atoms with E-state index in [2.05, 4.69) is 5.32 Å². The normalized spacial score (nSPS) is 27.2. The van der Waals surface area contributed by atoms with Gasteiger partial charge in [0.25, 0.3) is 0 Å². The number of urea groups is 1. The number of carboxylic acid groups (broad SMARTS) is 1. The van der Waals surface area contributed by atoms with Gasteiger partial charge in [0.1, 0.15) is 6.04 Å². The summed E-state index contributed by atoms with van der Waals surface area (Å²) in [6, 6.07) is -0.380. The number of hydrogen-bond donors (Lipinski definition) is 2. The molecular weight excluding hydrogens is 312 g/mol. The summed E-state index contributed by atoms with van der Waals surface area (Å²) < 4.78 is 0. The Bertz CT molecular complexity index is 492. The first-order valence-electron chi connectivity index (χ1n) is 8.69. The van der Waals surface area contributed by atoms with Crippen LogP contribution in [0.3, 0.4) is 0 Å². The van der Waals surface area contributed by atoms with Crippen LogP contribution in [0, 0.1) is 0 Å². The van der Waals surface area contributed by atoms with Crippen LogP contribution in [0.15, 0.2) is 0 Å². The van der Waals surface area contributed by atoms with Crippen LogP contribution in [0.5, 0.6) is 0 Å². The van der Waals surface area contributed by atoms with Gasteiger partial charge in [-0.1, -0.05) is 6.92 Å². The minimum absolute atomic E-state index is 0.0102. The van der Waals surface area contributed by atoms with E-state index in [1.165, 1.54) is 0 Å². The number of nitrogens with zero attached hydrogens (tertiary/aromatic N) is 3. The Kier molecular flexibility index (Phi) is 6.04. The van der Waals surface area contributed by atoms with Gasteiger partial charge < -0.3 is 20.2 Å². The van der Waals surface area contributed by atoms with Crippen molar-refractivity contribution in [3.8, 4) is 0 Å². The van der Waals surface area contributed by atoms with E-state index < -0.39 is 12.0 Å². The fourth-order valence-corrected chi connectivity index (χ4v) is 3.46. The highest BCUT2D eigenvalue weighted by Gasteiger charge is 2.38. The molecule has 136 valence electrons. The fourth-order valence-electron chi connectivity index (χ4n) is 3.46. The number of piperazine rings is 1. The van der Waals surface area contributed by atoms with Crippen molar-refractivity contribution < 1.29 is 19.5 Å². The second-order valence-corrected chi connectivity index (χ2v) is 6.52. The standard InChI is InChI=1S/C16H28N4O4/c1-4-18-6-7-20(11(3)15(18)23)16(24)17-12-8-13(9-12)19(5-2)10-14(21)22/h11-13H,4-10H2,1-3H3,(H,17,24)(H,21,22). The van der Waals surface area contributed by atoms with Crippen LogP contribution < -0.4 is 5.32 Å². The molecule has 0 aromatic rings. The van der Waals surface area contributed by atoms with Crippen LogP contribution in [0.1, 0.15) is 33.6 Å². The van der Waals surface area contributed by atoms with Crippen LogP contribution >= 0.6 is 0 Å². The molecule has 24 heavy (non-hydrogen) atoms. The number of aliphatic carboxylic acids is 1. The van der Waals surface area contributed by atoms with E-state index in [0.29, 0.717) is 26.2 Å². The Hall–Kier alpha value is -1.83. The molecule has 3 amide bonds. The van der Waals surface area contributed by atoms with Gasteiger partial charge in [0.15, 0.2) is 0 Å². The lowest BCUT2D eigenvalue weighted by molar-refractivity contribution is -0.139. The Labute approximate surface area is 142 Å². The Balaban J connectivity index is 1.80. The Morgan fingerprint density at radius 2 is 1.96 bits per heavy atom. The van der Waals surface area contributed by atoms with Crippen LogP contribution in [0.25, 0.3) is 0 Å². The summed E-state index contributed by atoms with van der Waals surface area (Å²) in [6.45, 7) is 8.14. The topological polar surface area (TPSA) is 93.2 Å². The molecule has 0 aromatic carbocycles. The predicted molar refractivity (Wildman–Crippen MR) is 88.6 cm³/mol. The number of nitrogens with one attached hydrogen (secondary N) is 1. The zero-order chi connectivity index (χ0) is 17.9. The average molecular weight is 340 g/mol. The highest BCUT2D eigenvalue weighted by atomic mass is 16.4. The van der Waals surface area contributed by atoms with Gasteiger partial charge in [0.05, 0.1) is 6.54 Å². The van der Waals surface area contributed by atoms with E-state index in [1.54, 1.807) is 16.7 Å². The Morgan fingerprint density at radius 3 is 2.50 bits per heavy atom. The molecular formula is C16H28N4O4. The van der Waals surface area contributed by atoms with E-state index >= 15 is 0 Å². The molecule has 2 N–H and O–H groups in total. The molecule has 1 aliphatic heterocycles. The monoisotopic (exact) mass is 340 g/mol.